The number of nitrogens with zero attached hydrogens (tertiary/aromatic N) is 2. The fraction of sp³-hybridized carbons (Fsp3) is 0.545. The fourth-order valence-electron chi connectivity index (χ4n) is 1.80. The number of hydrogen-bond donors (Lipinski definition) is 3. The van der Waals surface area contributed by atoms with Gasteiger partial charge in [-0.3, -0.25) is 4.90 Å². The van der Waals surface area contributed by atoms with Crippen LogP contribution in [0.3, 0.4) is 0 Å². The van der Waals surface area contributed by atoms with Gasteiger partial charge in [0.15, 0.2) is 0 Å². The van der Waals surface area contributed by atoms with Crippen molar-refractivity contribution < 1.29 is 4.74 Å². The Morgan fingerprint density at radius 2 is 2.24 bits per heavy atom. The molecule has 6 heteroatoms. The Balaban J connectivity index is 1.73. The second kappa shape index (κ2) is 6.39. The SMILES string of the molecule is NNc1cc(NCCN2CCOCC2)ccn1. The molecule has 4 N–H and O–H groups in total. The predicted molar refractivity (Wildman–Crippen MR) is 67.8 cm³/mol. The average Bonchev–Trinajstić information content (AvgIpc) is 2.40. The van der Waals surface area contributed by atoms with Gasteiger partial charge in [0.1, 0.15) is 5.82 Å². The van der Waals surface area contributed by atoms with Crippen LogP contribution >= 0.6 is 0 Å². The number of hydrazine groups is 1. The molecular formula is C11H19N5O. The summed E-state index contributed by atoms with van der Waals surface area (Å²) in [6, 6.07) is 3.82. The summed E-state index contributed by atoms with van der Waals surface area (Å²) in [7, 11) is 0. The van der Waals surface area contributed by atoms with Gasteiger partial charge in [0, 0.05) is 44.1 Å². The number of hydrogen-bond acceptors (Lipinski definition) is 6. The molecule has 2 heterocycles. The first-order chi connectivity index (χ1) is 8.38. The van der Waals surface area contributed by atoms with E-state index < -0.39 is 0 Å². The van der Waals surface area contributed by atoms with E-state index in [1.807, 2.05) is 12.1 Å². The minimum atomic E-state index is 0.668. The summed E-state index contributed by atoms with van der Waals surface area (Å²) in [6.45, 7) is 5.67. The molecule has 0 saturated carbocycles. The molecule has 0 aliphatic carbocycles. The standard InChI is InChI=1S/C11H19N5O/c12-15-11-9-10(1-2-14-11)13-3-4-16-5-7-17-8-6-16/h1-2,9H,3-8,12H2,(H2,13,14,15). The first kappa shape index (κ1) is 12.1. The van der Waals surface area contributed by atoms with Gasteiger partial charge in [-0.2, -0.15) is 0 Å². The lowest BCUT2D eigenvalue weighted by Crippen LogP contribution is -2.39. The Labute approximate surface area is 101 Å². The molecule has 17 heavy (non-hydrogen) atoms. The van der Waals surface area contributed by atoms with E-state index in [2.05, 4.69) is 20.6 Å². The number of aromatic nitrogens is 1. The molecule has 94 valence electrons. The van der Waals surface area contributed by atoms with Gasteiger partial charge in [0.2, 0.25) is 0 Å². The number of ether oxygens (including phenoxy) is 1. The Morgan fingerprint density at radius 3 is 3.00 bits per heavy atom. The van der Waals surface area contributed by atoms with Crippen molar-refractivity contribution in [1.29, 1.82) is 0 Å². The zero-order valence-electron chi connectivity index (χ0n) is 9.85. The molecule has 0 aromatic carbocycles. The van der Waals surface area contributed by atoms with Crippen molar-refractivity contribution in [1.82, 2.24) is 9.88 Å². The predicted octanol–water partition coefficient (Wildman–Crippen LogP) is 0.111. The summed E-state index contributed by atoms with van der Waals surface area (Å²) in [5.41, 5.74) is 3.56. The second-order valence-electron chi connectivity index (χ2n) is 3.95. The highest BCUT2D eigenvalue weighted by molar-refractivity contribution is 5.51. The number of pyridine rings is 1. The number of nitrogens with one attached hydrogen (secondary N) is 2. The van der Waals surface area contributed by atoms with Crippen LogP contribution in [0.25, 0.3) is 0 Å². The van der Waals surface area contributed by atoms with Crippen LogP contribution in [0, 0.1) is 0 Å². The van der Waals surface area contributed by atoms with E-state index in [1.165, 1.54) is 0 Å². The van der Waals surface area contributed by atoms with Crippen molar-refractivity contribution in [3.63, 3.8) is 0 Å². The summed E-state index contributed by atoms with van der Waals surface area (Å²) in [6.07, 6.45) is 1.73. The van der Waals surface area contributed by atoms with Crippen molar-refractivity contribution in [2.75, 3.05) is 50.1 Å². The fourth-order valence-corrected chi connectivity index (χ4v) is 1.80. The molecule has 1 aliphatic rings. The number of morpholine rings is 1. The summed E-state index contributed by atoms with van der Waals surface area (Å²) in [4.78, 5) is 6.44. The molecule has 2 rings (SSSR count). The Kier molecular flexibility index (Phi) is 4.54. The molecule has 0 spiro atoms. The van der Waals surface area contributed by atoms with E-state index in [0.29, 0.717) is 5.82 Å². The summed E-state index contributed by atoms with van der Waals surface area (Å²) in [5.74, 6) is 5.97. The van der Waals surface area contributed by atoms with Gasteiger partial charge in [-0.15, -0.1) is 0 Å². The molecule has 1 aromatic rings. The highest BCUT2D eigenvalue weighted by Gasteiger charge is 2.08. The summed E-state index contributed by atoms with van der Waals surface area (Å²) >= 11 is 0. The molecule has 0 atom stereocenters. The monoisotopic (exact) mass is 237 g/mol. The normalized spacial score (nSPS) is 16.8. The van der Waals surface area contributed by atoms with Crippen LogP contribution in [0.2, 0.25) is 0 Å². The molecule has 0 radical (unpaired) electrons. The smallest absolute Gasteiger partial charge is 0.141 e. The maximum absolute atomic E-state index is 5.30. The maximum atomic E-state index is 5.30. The van der Waals surface area contributed by atoms with Gasteiger partial charge in [-0.05, 0) is 6.07 Å². The largest absolute Gasteiger partial charge is 0.384 e. The molecule has 1 saturated heterocycles. The van der Waals surface area contributed by atoms with Crippen molar-refractivity contribution in [3.8, 4) is 0 Å². The third-order valence-corrected chi connectivity index (χ3v) is 2.77. The van der Waals surface area contributed by atoms with E-state index >= 15 is 0 Å². The topological polar surface area (TPSA) is 75.4 Å². The minimum absolute atomic E-state index is 0.668. The van der Waals surface area contributed by atoms with E-state index in [4.69, 9.17) is 10.6 Å². The zero-order valence-corrected chi connectivity index (χ0v) is 9.85. The summed E-state index contributed by atoms with van der Waals surface area (Å²) in [5, 5.41) is 3.35. The molecule has 0 amide bonds. The molecule has 1 aromatic heterocycles. The van der Waals surface area contributed by atoms with Gasteiger partial charge >= 0.3 is 0 Å². The Bertz CT molecular complexity index is 340. The quantitative estimate of drug-likeness (QED) is 0.498. The number of nitrogen functional groups attached to an aromatic ring is 1. The molecule has 0 unspecified atom stereocenters. The third kappa shape index (κ3) is 3.85. The lowest BCUT2D eigenvalue weighted by molar-refractivity contribution is 0.0398. The van der Waals surface area contributed by atoms with E-state index in [9.17, 15) is 0 Å². The van der Waals surface area contributed by atoms with Crippen molar-refractivity contribution in [2.45, 2.75) is 0 Å². The Morgan fingerprint density at radius 1 is 1.41 bits per heavy atom. The van der Waals surface area contributed by atoms with Crippen LogP contribution in [0.1, 0.15) is 0 Å². The first-order valence-electron chi connectivity index (χ1n) is 5.85. The summed E-state index contributed by atoms with van der Waals surface area (Å²) < 4.78 is 5.30. The lowest BCUT2D eigenvalue weighted by Gasteiger charge is -2.26. The number of anilines is 2. The Hall–Kier alpha value is -1.37. The van der Waals surface area contributed by atoms with Gasteiger partial charge in [0.05, 0.1) is 13.2 Å². The van der Waals surface area contributed by atoms with Crippen molar-refractivity contribution in [3.05, 3.63) is 18.3 Å². The highest BCUT2D eigenvalue weighted by atomic mass is 16.5. The second-order valence-corrected chi connectivity index (χ2v) is 3.95. The average molecular weight is 237 g/mol. The molecular weight excluding hydrogens is 218 g/mol. The zero-order chi connectivity index (χ0) is 11.9. The van der Waals surface area contributed by atoms with Crippen molar-refractivity contribution in [2.24, 2.45) is 5.84 Å². The van der Waals surface area contributed by atoms with Gasteiger partial charge in [-0.1, -0.05) is 0 Å². The van der Waals surface area contributed by atoms with Crippen LogP contribution < -0.4 is 16.6 Å². The van der Waals surface area contributed by atoms with Crippen LogP contribution in [0.15, 0.2) is 18.3 Å². The van der Waals surface area contributed by atoms with Crippen molar-refractivity contribution >= 4 is 11.5 Å². The lowest BCUT2D eigenvalue weighted by atomic mass is 10.3. The number of rotatable bonds is 5. The first-order valence-corrected chi connectivity index (χ1v) is 5.85. The van der Waals surface area contributed by atoms with Crippen LogP contribution in [-0.4, -0.2) is 49.3 Å². The number of nitrogens with two attached hydrogens (primary N) is 1. The van der Waals surface area contributed by atoms with Crippen LogP contribution in [-0.2, 0) is 4.74 Å². The molecule has 6 nitrogen and oxygen atoms in total. The third-order valence-electron chi connectivity index (χ3n) is 2.77. The molecule has 1 aliphatic heterocycles. The van der Waals surface area contributed by atoms with Gasteiger partial charge in [0.25, 0.3) is 0 Å². The minimum Gasteiger partial charge on any atom is -0.384 e. The van der Waals surface area contributed by atoms with Crippen LogP contribution in [0.5, 0.6) is 0 Å². The van der Waals surface area contributed by atoms with E-state index in [0.717, 1.165) is 45.1 Å². The van der Waals surface area contributed by atoms with E-state index in [1.54, 1.807) is 6.20 Å². The van der Waals surface area contributed by atoms with E-state index in [-0.39, 0.29) is 0 Å². The molecule has 0 bridgehead atoms. The van der Waals surface area contributed by atoms with Gasteiger partial charge in [-0.25, -0.2) is 10.8 Å². The highest BCUT2D eigenvalue weighted by Crippen LogP contribution is 2.10. The van der Waals surface area contributed by atoms with Gasteiger partial charge < -0.3 is 15.5 Å². The maximum Gasteiger partial charge on any atom is 0.141 e. The molecule has 1 fully saturated rings. The van der Waals surface area contributed by atoms with Crippen LogP contribution in [0.4, 0.5) is 11.5 Å².